The molecule has 0 amide bonds. The molecule has 0 spiro atoms. The molecule has 0 N–H and O–H groups in total. The Hall–Kier alpha value is -7.76. The van der Waals surface area contributed by atoms with Crippen LogP contribution in [0.15, 0.2) is 243 Å². The van der Waals surface area contributed by atoms with E-state index in [1.807, 2.05) is 11.3 Å². The predicted octanol–water partition coefficient (Wildman–Crippen LogP) is 13.3. The summed E-state index contributed by atoms with van der Waals surface area (Å²) in [6.07, 6.45) is 0. The van der Waals surface area contributed by atoms with Gasteiger partial charge in [-0.05, 0) is 80.4 Å². The van der Waals surface area contributed by atoms with Gasteiger partial charge in [0.2, 0.25) is 0 Å². The number of benzene rings is 10. The summed E-state index contributed by atoms with van der Waals surface area (Å²) in [6, 6.07) is 90.4. The lowest BCUT2D eigenvalue weighted by molar-refractivity contribution is 1.13. The number of fused-ring (bicyclic) bond motifs is 9. The van der Waals surface area contributed by atoms with Crippen LogP contribution in [0, 0.1) is 0 Å². The summed E-state index contributed by atoms with van der Waals surface area (Å²) in [5, 5.41) is 13.1. The number of nitrogens with zero attached hydrogens (tertiary/aromatic N) is 2. The van der Waals surface area contributed by atoms with Gasteiger partial charge < -0.3 is 9.13 Å². The second-order valence-electron chi connectivity index (χ2n) is 16.8. The molecule has 10 aromatic carbocycles. The Labute approximate surface area is 376 Å². The van der Waals surface area contributed by atoms with Gasteiger partial charge in [0, 0.05) is 47.4 Å². The van der Waals surface area contributed by atoms with Gasteiger partial charge in [-0.15, -0.1) is 11.3 Å². The van der Waals surface area contributed by atoms with Gasteiger partial charge in [0.1, 0.15) is 0 Å². The van der Waals surface area contributed by atoms with Crippen molar-refractivity contribution in [2.75, 3.05) is 0 Å². The molecule has 2 nitrogen and oxygen atoms in total. The maximum absolute atomic E-state index is 2.71. The fraction of sp³-hybridized carbons (Fsp3) is 0. The van der Waals surface area contributed by atoms with E-state index >= 15 is 0 Å². The molecule has 300 valence electrons. The molecule has 3 aromatic heterocycles. The third-order valence-electron chi connectivity index (χ3n) is 13.5. The first-order valence-corrected chi connectivity index (χ1v) is 24.8. The van der Waals surface area contributed by atoms with E-state index in [-0.39, 0.29) is 0 Å². The van der Waals surface area contributed by atoms with Crippen LogP contribution in [0.3, 0.4) is 0 Å². The lowest BCUT2D eigenvalue weighted by Gasteiger charge is -2.34. The van der Waals surface area contributed by atoms with Gasteiger partial charge in [-0.3, -0.25) is 0 Å². The van der Waals surface area contributed by atoms with Crippen molar-refractivity contribution in [3.05, 3.63) is 243 Å². The summed E-state index contributed by atoms with van der Waals surface area (Å²) in [4.78, 5) is 0. The Kier molecular flexibility index (Phi) is 8.45. The highest BCUT2D eigenvalue weighted by Gasteiger charge is 2.41. The number of hydrogen-bond donors (Lipinski definition) is 0. The summed E-state index contributed by atoms with van der Waals surface area (Å²) < 4.78 is 7.66. The maximum atomic E-state index is 2.52. The lowest BCUT2D eigenvalue weighted by atomic mass is 9.98. The first kappa shape index (κ1) is 36.9. The molecule has 0 atom stereocenters. The zero-order valence-corrected chi connectivity index (χ0v) is 36.7. The van der Waals surface area contributed by atoms with E-state index in [0.717, 1.165) is 11.4 Å². The van der Waals surface area contributed by atoms with Crippen LogP contribution in [0.25, 0.3) is 86.3 Å². The molecule has 0 aliphatic heterocycles. The number of aromatic nitrogens is 2. The van der Waals surface area contributed by atoms with E-state index in [9.17, 15) is 0 Å². The minimum atomic E-state index is -2.71. The van der Waals surface area contributed by atoms with E-state index in [4.69, 9.17) is 0 Å². The Morgan fingerprint density at radius 2 is 0.828 bits per heavy atom. The van der Waals surface area contributed by atoms with Gasteiger partial charge in [-0.1, -0.05) is 194 Å². The molecule has 4 heteroatoms. The smallest absolute Gasteiger partial charge is 0.179 e. The fourth-order valence-electron chi connectivity index (χ4n) is 10.8. The third-order valence-corrected chi connectivity index (χ3v) is 19.4. The number of thiophene rings is 1. The Morgan fingerprint density at radius 3 is 1.50 bits per heavy atom. The molecule has 0 aliphatic rings. The van der Waals surface area contributed by atoms with Crippen LogP contribution in [-0.4, -0.2) is 17.2 Å². The van der Waals surface area contributed by atoms with Gasteiger partial charge in [-0.25, -0.2) is 0 Å². The topological polar surface area (TPSA) is 9.86 Å². The monoisotopic (exact) mass is 848 g/mol. The quantitative estimate of drug-likeness (QED) is 0.112. The largest absolute Gasteiger partial charge is 0.307 e. The first-order chi connectivity index (χ1) is 31.8. The van der Waals surface area contributed by atoms with Crippen LogP contribution in [0.2, 0.25) is 0 Å². The molecular formula is C60H40N2SSi. The zero-order chi connectivity index (χ0) is 42.2. The van der Waals surface area contributed by atoms with Crippen LogP contribution in [0.1, 0.15) is 0 Å². The van der Waals surface area contributed by atoms with Crippen LogP contribution in [-0.2, 0) is 0 Å². The number of para-hydroxylation sites is 3. The molecule has 0 aliphatic carbocycles. The minimum Gasteiger partial charge on any atom is -0.307 e. The van der Waals surface area contributed by atoms with Gasteiger partial charge in [-0.2, -0.15) is 0 Å². The molecule has 13 aromatic rings. The molecule has 13 rings (SSSR count). The summed E-state index contributed by atoms with van der Waals surface area (Å²) in [6.45, 7) is 0. The van der Waals surface area contributed by atoms with Crippen molar-refractivity contribution in [2.24, 2.45) is 0 Å². The Morgan fingerprint density at radius 1 is 0.328 bits per heavy atom. The fourth-order valence-corrected chi connectivity index (χ4v) is 16.7. The number of rotatable bonds is 7. The molecule has 0 fully saturated rings. The van der Waals surface area contributed by atoms with Gasteiger partial charge in [0.15, 0.2) is 8.07 Å². The van der Waals surface area contributed by atoms with Crippen LogP contribution >= 0.6 is 11.3 Å². The Balaban J connectivity index is 1.06. The van der Waals surface area contributed by atoms with E-state index < -0.39 is 8.07 Å². The van der Waals surface area contributed by atoms with Gasteiger partial charge in [0.25, 0.3) is 0 Å². The van der Waals surface area contributed by atoms with Gasteiger partial charge >= 0.3 is 0 Å². The van der Waals surface area contributed by atoms with Crippen molar-refractivity contribution in [1.29, 1.82) is 0 Å². The average molecular weight is 849 g/mol. The van der Waals surface area contributed by atoms with Crippen molar-refractivity contribution in [3.8, 4) is 22.5 Å². The van der Waals surface area contributed by atoms with E-state index in [1.54, 1.807) is 0 Å². The zero-order valence-electron chi connectivity index (χ0n) is 34.9. The summed E-state index contributed by atoms with van der Waals surface area (Å²) in [7, 11) is -2.71. The predicted molar refractivity (Wildman–Crippen MR) is 277 cm³/mol. The first-order valence-electron chi connectivity index (χ1n) is 22.0. The van der Waals surface area contributed by atoms with E-state index in [0.29, 0.717) is 0 Å². The normalized spacial score (nSPS) is 12.1. The van der Waals surface area contributed by atoms with Gasteiger partial charge in [0.05, 0.1) is 27.8 Å². The van der Waals surface area contributed by atoms with Crippen LogP contribution in [0.4, 0.5) is 0 Å². The third kappa shape index (κ3) is 5.43. The van der Waals surface area contributed by atoms with Crippen molar-refractivity contribution >= 4 is 104 Å². The van der Waals surface area contributed by atoms with Crippen LogP contribution in [0.5, 0.6) is 0 Å². The van der Waals surface area contributed by atoms with Crippen LogP contribution < -0.4 is 20.7 Å². The molecule has 0 radical (unpaired) electrons. The average Bonchev–Trinajstić information content (AvgIpc) is 4.03. The number of hydrogen-bond acceptors (Lipinski definition) is 1. The summed E-state index contributed by atoms with van der Waals surface area (Å²) in [5.41, 5.74) is 9.54. The molecule has 64 heavy (non-hydrogen) atoms. The van der Waals surface area contributed by atoms with E-state index in [1.165, 1.54) is 95.7 Å². The highest BCUT2D eigenvalue weighted by atomic mass is 32.1. The molecule has 3 heterocycles. The SMILES string of the molecule is c1ccc([Si](c2ccccc2)(c2ccccc2)c2ccc(-n3c4ccccc4c4cccc(-n5c6ccccc6c6ccc(-c7cccc8sc9ccccc9c78)cc65)c43)cc2)cc1. The molecular weight excluding hydrogens is 809 g/mol. The standard InChI is InChI=1S/C60H40N2SSi/c1-4-18-43(19-5-1)64(44-20-6-2-7-21-44,45-22-8-3-9-23-45)46-37-35-42(36-38-46)61-53-29-13-11-25-49(53)51-28-16-31-55(60(51)61)62-54-30-14-10-24-48(54)50-39-34-41(40-56(50)62)47-27-17-33-58-59(47)52-26-12-15-32-57(52)63-58/h1-40H. The Bertz CT molecular complexity index is 3790. The molecule has 0 unspecified atom stereocenters. The molecule has 0 bridgehead atoms. The highest BCUT2D eigenvalue weighted by molar-refractivity contribution is 7.26. The highest BCUT2D eigenvalue weighted by Crippen LogP contribution is 2.43. The second-order valence-corrected chi connectivity index (χ2v) is 21.7. The molecule has 0 saturated carbocycles. The van der Waals surface area contributed by atoms with Crippen molar-refractivity contribution < 1.29 is 0 Å². The minimum absolute atomic E-state index is 1.14. The summed E-state index contributed by atoms with van der Waals surface area (Å²) >= 11 is 1.87. The van der Waals surface area contributed by atoms with Crippen molar-refractivity contribution in [1.82, 2.24) is 9.13 Å². The van der Waals surface area contributed by atoms with Crippen molar-refractivity contribution in [2.45, 2.75) is 0 Å². The van der Waals surface area contributed by atoms with Crippen molar-refractivity contribution in [3.63, 3.8) is 0 Å². The van der Waals surface area contributed by atoms with E-state index in [2.05, 4.69) is 252 Å². The summed E-state index contributed by atoms with van der Waals surface area (Å²) in [5.74, 6) is 0. The second kappa shape index (κ2) is 14.7. The molecule has 0 saturated heterocycles. The lowest BCUT2D eigenvalue weighted by Crippen LogP contribution is -2.74. The maximum Gasteiger partial charge on any atom is 0.179 e.